The van der Waals surface area contributed by atoms with Gasteiger partial charge in [-0.1, -0.05) is 0 Å². The van der Waals surface area contributed by atoms with Crippen molar-refractivity contribution in [2.75, 3.05) is 27.1 Å². The van der Waals surface area contributed by atoms with Crippen molar-refractivity contribution in [2.45, 2.75) is 51.2 Å². The fourth-order valence-electron chi connectivity index (χ4n) is 3.76. The van der Waals surface area contributed by atoms with Crippen LogP contribution in [0.15, 0.2) is 12.1 Å². The summed E-state index contributed by atoms with van der Waals surface area (Å²) in [5, 5.41) is -0.341. The maximum absolute atomic E-state index is 12.8. The number of carbonyl (C=O) groups is 1. The van der Waals surface area contributed by atoms with Crippen molar-refractivity contribution in [1.82, 2.24) is 0 Å². The van der Waals surface area contributed by atoms with E-state index in [9.17, 15) is 13.2 Å². The van der Waals surface area contributed by atoms with Gasteiger partial charge in [0.1, 0.15) is 5.78 Å². The van der Waals surface area contributed by atoms with Gasteiger partial charge >= 0.3 is 0 Å². The highest BCUT2D eigenvalue weighted by atomic mass is 32.2. The quantitative estimate of drug-likeness (QED) is 0.618. The zero-order valence-electron chi connectivity index (χ0n) is 17.5. The predicted octanol–water partition coefficient (Wildman–Crippen LogP) is 3.45. The molecule has 0 saturated heterocycles. The molecule has 0 bridgehead atoms. The molecule has 1 aliphatic carbocycles. The molecule has 0 aromatic heterocycles. The van der Waals surface area contributed by atoms with Crippen LogP contribution in [0.5, 0.6) is 17.2 Å². The molecule has 1 aliphatic rings. The van der Waals surface area contributed by atoms with Crippen molar-refractivity contribution in [3.8, 4) is 17.2 Å². The van der Waals surface area contributed by atoms with Crippen LogP contribution in [-0.2, 0) is 21.1 Å². The second-order valence-electron chi connectivity index (χ2n) is 7.77. The summed E-state index contributed by atoms with van der Waals surface area (Å²) in [6.45, 7) is 3.45. The summed E-state index contributed by atoms with van der Waals surface area (Å²) in [4.78, 5) is 12.8. The molecule has 0 unspecified atom stereocenters. The summed E-state index contributed by atoms with van der Waals surface area (Å²) >= 11 is 0. The van der Waals surface area contributed by atoms with E-state index in [-0.39, 0.29) is 28.6 Å². The Balaban J connectivity index is 2.00. The Kier molecular flexibility index (Phi) is 7.75. The normalized spacial score (nSPS) is 20.1. The molecule has 6 nitrogen and oxygen atoms in total. The highest BCUT2D eigenvalue weighted by Crippen LogP contribution is 2.39. The Morgan fingerprint density at radius 1 is 1.00 bits per heavy atom. The summed E-state index contributed by atoms with van der Waals surface area (Å²) in [6, 6.07) is 3.61. The molecule has 0 amide bonds. The summed E-state index contributed by atoms with van der Waals surface area (Å²) < 4.78 is 40.3. The molecule has 0 atom stereocenters. The number of carbonyl (C=O) groups excluding carboxylic acids is 1. The van der Waals surface area contributed by atoms with Crippen LogP contribution in [-0.4, -0.2) is 46.5 Å². The number of benzene rings is 1. The monoisotopic (exact) mass is 412 g/mol. The standard InChI is InChI=1S/C21H32O6S/c1-14(2)28(23,24)13-15-6-8-17(9-7-15)18(22)10-16-11-19(25-3)21(27-5)20(12-16)26-4/h11-12,14-15,17H,6-10,13H2,1-5H3. The van der Waals surface area contributed by atoms with Crippen LogP contribution in [0.2, 0.25) is 0 Å². The number of hydrogen-bond acceptors (Lipinski definition) is 6. The van der Waals surface area contributed by atoms with Gasteiger partial charge < -0.3 is 14.2 Å². The summed E-state index contributed by atoms with van der Waals surface area (Å²) in [5.74, 6) is 2.14. The van der Waals surface area contributed by atoms with E-state index >= 15 is 0 Å². The number of Topliss-reactive ketones (excluding diaryl/α,β-unsaturated/α-hetero) is 1. The number of ether oxygens (including phenoxy) is 3. The molecule has 0 N–H and O–H groups in total. The summed E-state index contributed by atoms with van der Waals surface area (Å²) in [5.41, 5.74) is 0.823. The average Bonchev–Trinajstić information content (AvgIpc) is 2.67. The van der Waals surface area contributed by atoms with E-state index in [0.29, 0.717) is 23.7 Å². The van der Waals surface area contributed by atoms with Gasteiger partial charge in [-0.15, -0.1) is 0 Å². The van der Waals surface area contributed by atoms with Crippen molar-refractivity contribution >= 4 is 15.6 Å². The molecule has 1 aromatic rings. The van der Waals surface area contributed by atoms with Gasteiger partial charge in [0.05, 0.1) is 32.3 Å². The van der Waals surface area contributed by atoms with E-state index in [1.807, 2.05) is 0 Å². The van der Waals surface area contributed by atoms with E-state index in [4.69, 9.17) is 14.2 Å². The Bertz CT molecular complexity index is 751. The van der Waals surface area contributed by atoms with Crippen molar-refractivity contribution in [3.05, 3.63) is 17.7 Å². The lowest BCUT2D eigenvalue weighted by molar-refractivity contribution is -0.123. The third kappa shape index (κ3) is 5.40. The summed E-state index contributed by atoms with van der Waals surface area (Å²) in [7, 11) is 1.62. The van der Waals surface area contributed by atoms with Crippen molar-refractivity contribution in [1.29, 1.82) is 0 Å². The Morgan fingerprint density at radius 3 is 1.96 bits per heavy atom. The van der Waals surface area contributed by atoms with Crippen molar-refractivity contribution in [3.63, 3.8) is 0 Å². The first-order chi connectivity index (χ1) is 13.2. The van der Waals surface area contributed by atoms with Crippen LogP contribution in [0, 0.1) is 11.8 Å². The van der Waals surface area contributed by atoms with Gasteiger partial charge in [0.15, 0.2) is 21.3 Å². The number of rotatable bonds is 9. The summed E-state index contributed by atoms with van der Waals surface area (Å²) in [6.07, 6.45) is 3.38. The van der Waals surface area contributed by atoms with Gasteiger partial charge in [0, 0.05) is 12.3 Å². The molecule has 0 aliphatic heterocycles. The van der Waals surface area contributed by atoms with Gasteiger partial charge in [-0.3, -0.25) is 4.79 Å². The Hall–Kier alpha value is -1.76. The molecule has 0 radical (unpaired) electrons. The molecular weight excluding hydrogens is 380 g/mol. The minimum absolute atomic E-state index is 0.0166. The molecular formula is C21H32O6S. The molecule has 28 heavy (non-hydrogen) atoms. The van der Waals surface area contributed by atoms with E-state index in [0.717, 1.165) is 31.2 Å². The highest BCUT2D eigenvalue weighted by molar-refractivity contribution is 7.91. The molecule has 1 saturated carbocycles. The average molecular weight is 413 g/mol. The van der Waals surface area contributed by atoms with Crippen molar-refractivity contribution < 1.29 is 27.4 Å². The minimum Gasteiger partial charge on any atom is -0.493 e. The molecule has 1 fully saturated rings. The first-order valence-electron chi connectivity index (χ1n) is 9.75. The Labute approximate surface area is 168 Å². The van der Waals surface area contributed by atoms with Gasteiger partial charge in [0.2, 0.25) is 5.75 Å². The molecule has 0 spiro atoms. The number of sulfone groups is 1. The molecule has 2 rings (SSSR count). The second kappa shape index (κ2) is 9.63. The van der Waals surface area contributed by atoms with E-state index in [1.54, 1.807) is 47.3 Å². The lowest BCUT2D eigenvalue weighted by atomic mass is 9.79. The predicted molar refractivity (Wildman–Crippen MR) is 109 cm³/mol. The van der Waals surface area contributed by atoms with Crippen LogP contribution in [0.25, 0.3) is 0 Å². The minimum atomic E-state index is -3.03. The SMILES string of the molecule is COc1cc(CC(=O)C2CCC(CS(=O)(=O)C(C)C)CC2)cc(OC)c1OC. The number of hydrogen-bond donors (Lipinski definition) is 0. The third-order valence-corrected chi connectivity index (χ3v) is 7.96. The fraction of sp³-hybridized carbons (Fsp3) is 0.667. The topological polar surface area (TPSA) is 78.9 Å². The molecule has 1 aromatic carbocycles. The maximum atomic E-state index is 12.8. The van der Waals surface area contributed by atoms with Gasteiger partial charge in [0.25, 0.3) is 0 Å². The Morgan fingerprint density at radius 2 is 1.54 bits per heavy atom. The zero-order valence-corrected chi connectivity index (χ0v) is 18.3. The first kappa shape index (κ1) is 22.5. The third-order valence-electron chi connectivity index (χ3n) is 5.59. The van der Waals surface area contributed by atoms with E-state index < -0.39 is 9.84 Å². The fourth-order valence-corrected chi connectivity index (χ4v) is 5.13. The number of ketones is 1. The van der Waals surface area contributed by atoms with Crippen LogP contribution in [0.4, 0.5) is 0 Å². The van der Waals surface area contributed by atoms with E-state index in [2.05, 4.69) is 0 Å². The van der Waals surface area contributed by atoms with E-state index in [1.165, 1.54) is 0 Å². The van der Waals surface area contributed by atoms with Crippen LogP contribution in [0.3, 0.4) is 0 Å². The van der Waals surface area contributed by atoms with Gasteiger partial charge in [-0.05, 0) is 63.1 Å². The lowest BCUT2D eigenvalue weighted by Gasteiger charge is -2.28. The molecule has 0 heterocycles. The van der Waals surface area contributed by atoms with Crippen LogP contribution >= 0.6 is 0 Å². The maximum Gasteiger partial charge on any atom is 0.203 e. The smallest absolute Gasteiger partial charge is 0.203 e. The van der Waals surface area contributed by atoms with Gasteiger partial charge in [-0.25, -0.2) is 8.42 Å². The van der Waals surface area contributed by atoms with Crippen molar-refractivity contribution in [2.24, 2.45) is 11.8 Å². The highest BCUT2D eigenvalue weighted by Gasteiger charge is 2.30. The van der Waals surface area contributed by atoms with Crippen LogP contribution in [0.1, 0.15) is 45.1 Å². The molecule has 7 heteroatoms. The van der Waals surface area contributed by atoms with Crippen LogP contribution < -0.4 is 14.2 Å². The number of methoxy groups -OCH3 is 3. The van der Waals surface area contributed by atoms with Gasteiger partial charge in [-0.2, -0.15) is 0 Å². The second-order valence-corrected chi connectivity index (χ2v) is 10.4. The zero-order chi connectivity index (χ0) is 20.9. The first-order valence-corrected chi connectivity index (χ1v) is 11.5. The largest absolute Gasteiger partial charge is 0.493 e. The lowest BCUT2D eigenvalue weighted by Crippen LogP contribution is -2.29. The molecule has 158 valence electrons.